The predicted octanol–water partition coefficient (Wildman–Crippen LogP) is 1.93. The highest BCUT2D eigenvalue weighted by Gasteiger charge is 2.16. The van der Waals surface area contributed by atoms with E-state index in [-0.39, 0.29) is 10.7 Å². The topological polar surface area (TPSA) is 69.0 Å². The van der Waals surface area contributed by atoms with Crippen molar-refractivity contribution in [3.05, 3.63) is 48.0 Å². The molecule has 5 nitrogen and oxygen atoms in total. The number of aryl methyl sites for hydroxylation is 1. The van der Waals surface area contributed by atoms with E-state index in [0.29, 0.717) is 11.4 Å². The maximum absolute atomic E-state index is 12.3. The predicted molar refractivity (Wildman–Crippen MR) is 75.5 cm³/mol. The minimum Gasteiger partial charge on any atom is -0.328 e. The molecule has 0 fully saturated rings. The van der Waals surface area contributed by atoms with Gasteiger partial charge >= 0.3 is 0 Å². The second-order valence-electron chi connectivity index (χ2n) is 4.57. The van der Waals surface area contributed by atoms with Gasteiger partial charge in [0.25, 0.3) is 0 Å². The van der Waals surface area contributed by atoms with Gasteiger partial charge in [0.05, 0.1) is 4.90 Å². The monoisotopic (exact) mass is 292 g/mol. The maximum Gasteiger partial charge on any atom is 0.228 e. The molecule has 2 aromatic rings. The van der Waals surface area contributed by atoms with Gasteiger partial charge in [-0.25, -0.2) is 13.4 Å². The Hall–Kier alpha value is -1.95. The van der Waals surface area contributed by atoms with Crippen molar-refractivity contribution >= 4 is 15.6 Å². The van der Waals surface area contributed by atoms with E-state index < -0.39 is 9.84 Å². The second-order valence-corrected chi connectivity index (χ2v) is 6.59. The lowest BCUT2D eigenvalue weighted by molar-refractivity contribution is 0.102. The summed E-state index contributed by atoms with van der Waals surface area (Å²) in [7, 11) is -3.25. The molecule has 0 saturated heterocycles. The first-order valence-corrected chi connectivity index (χ1v) is 8.18. The molecule has 0 unspecified atom stereocenters. The number of rotatable bonds is 5. The third kappa shape index (κ3) is 2.96. The van der Waals surface area contributed by atoms with Gasteiger partial charge in [0, 0.05) is 30.8 Å². The third-order valence-electron chi connectivity index (χ3n) is 2.93. The fourth-order valence-electron chi connectivity index (χ4n) is 1.92. The van der Waals surface area contributed by atoms with Gasteiger partial charge in [-0.15, -0.1) is 0 Å². The summed E-state index contributed by atoms with van der Waals surface area (Å²) in [6, 6.07) is 5.92. The highest BCUT2D eigenvalue weighted by atomic mass is 32.2. The maximum atomic E-state index is 12.3. The summed E-state index contributed by atoms with van der Waals surface area (Å²) in [5, 5.41) is 0. The standard InChI is InChI=1S/C14H16N2O3S/c1-3-9-16-10-8-15-14(16)13(17)11-4-6-12(7-5-11)20(2,18)19/h4-8,10H,3,9H2,1-2H3. The summed E-state index contributed by atoms with van der Waals surface area (Å²) in [6.07, 6.45) is 5.40. The van der Waals surface area contributed by atoms with E-state index in [9.17, 15) is 13.2 Å². The average Bonchev–Trinajstić information content (AvgIpc) is 2.86. The van der Waals surface area contributed by atoms with Gasteiger partial charge in [-0.1, -0.05) is 6.92 Å². The second kappa shape index (κ2) is 5.58. The Morgan fingerprint density at radius 1 is 1.25 bits per heavy atom. The van der Waals surface area contributed by atoms with Gasteiger partial charge in [-0.05, 0) is 30.7 Å². The molecule has 1 aromatic heterocycles. The van der Waals surface area contributed by atoms with Crippen LogP contribution in [0.4, 0.5) is 0 Å². The molecule has 1 heterocycles. The zero-order valence-electron chi connectivity index (χ0n) is 11.4. The van der Waals surface area contributed by atoms with Crippen LogP contribution in [0.3, 0.4) is 0 Å². The Kier molecular flexibility index (Phi) is 4.04. The summed E-state index contributed by atoms with van der Waals surface area (Å²) < 4.78 is 24.6. The first-order valence-electron chi connectivity index (χ1n) is 6.29. The van der Waals surface area contributed by atoms with E-state index in [4.69, 9.17) is 0 Å². The van der Waals surface area contributed by atoms with Gasteiger partial charge in [-0.3, -0.25) is 4.79 Å². The lowest BCUT2D eigenvalue weighted by Crippen LogP contribution is -2.11. The number of hydrogen-bond donors (Lipinski definition) is 0. The molecule has 0 bridgehead atoms. The normalized spacial score (nSPS) is 11.5. The Labute approximate surface area is 118 Å². The van der Waals surface area contributed by atoms with E-state index in [1.54, 1.807) is 17.0 Å². The van der Waals surface area contributed by atoms with Crippen LogP contribution in [0.2, 0.25) is 0 Å². The first kappa shape index (κ1) is 14.5. The molecule has 0 aliphatic rings. The first-order chi connectivity index (χ1) is 9.43. The van der Waals surface area contributed by atoms with Gasteiger partial charge < -0.3 is 4.57 Å². The van der Waals surface area contributed by atoms with Crippen molar-refractivity contribution < 1.29 is 13.2 Å². The van der Waals surface area contributed by atoms with E-state index >= 15 is 0 Å². The molecular formula is C14H16N2O3S. The zero-order chi connectivity index (χ0) is 14.8. The number of nitrogens with zero attached hydrogens (tertiary/aromatic N) is 2. The number of aromatic nitrogens is 2. The molecule has 0 amide bonds. The molecule has 0 aliphatic heterocycles. The molecule has 1 aromatic carbocycles. The van der Waals surface area contributed by atoms with Gasteiger partial charge in [-0.2, -0.15) is 0 Å². The average molecular weight is 292 g/mol. The summed E-state index contributed by atoms with van der Waals surface area (Å²) in [4.78, 5) is 16.6. The highest BCUT2D eigenvalue weighted by molar-refractivity contribution is 7.90. The van der Waals surface area contributed by atoms with Gasteiger partial charge in [0.2, 0.25) is 5.78 Å². The van der Waals surface area contributed by atoms with Crippen molar-refractivity contribution in [2.75, 3.05) is 6.26 Å². The molecule has 0 spiro atoms. The number of sulfone groups is 1. The van der Waals surface area contributed by atoms with Crippen LogP contribution in [-0.2, 0) is 16.4 Å². The third-order valence-corrected chi connectivity index (χ3v) is 4.06. The summed E-state index contributed by atoms with van der Waals surface area (Å²) in [6.45, 7) is 2.75. The minimum atomic E-state index is -3.25. The SMILES string of the molecule is CCCn1ccnc1C(=O)c1ccc(S(C)(=O)=O)cc1. The van der Waals surface area contributed by atoms with Crippen LogP contribution < -0.4 is 0 Å². The van der Waals surface area contributed by atoms with Crippen molar-refractivity contribution in [2.45, 2.75) is 24.8 Å². The molecular weight excluding hydrogens is 276 g/mol. The van der Waals surface area contributed by atoms with Gasteiger partial charge in [0.1, 0.15) is 0 Å². The molecule has 20 heavy (non-hydrogen) atoms. The Bertz CT molecular complexity index is 715. The zero-order valence-corrected chi connectivity index (χ0v) is 12.2. The Morgan fingerprint density at radius 3 is 2.45 bits per heavy atom. The fourth-order valence-corrected chi connectivity index (χ4v) is 2.55. The molecule has 0 aliphatic carbocycles. The number of ketones is 1. The quantitative estimate of drug-likeness (QED) is 0.790. The number of carbonyl (C=O) groups excluding carboxylic acids is 1. The highest BCUT2D eigenvalue weighted by Crippen LogP contribution is 2.13. The van der Waals surface area contributed by atoms with Crippen molar-refractivity contribution in [3.8, 4) is 0 Å². The van der Waals surface area contributed by atoms with Crippen LogP contribution in [-0.4, -0.2) is 30.0 Å². The Balaban J connectivity index is 2.32. The van der Waals surface area contributed by atoms with Crippen LogP contribution in [0.15, 0.2) is 41.6 Å². The molecule has 0 radical (unpaired) electrons. The number of carbonyl (C=O) groups is 1. The van der Waals surface area contributed by atoms with Crippen LogP contribution in [0.1, 0.15) is 29.5 Å². The summed E-state index contributed by atoms with van der Waals surface area (Å²) in [5.41, 5.74) is 0.431. The van der Waals surface area contributed by atoms with Crippen LogP contribution in [0.5, 0.6) is 0 Å². The van der Waals surface area contributed by atoms with Gasteiger partial charge in [0.15, 0.2) is 15.7 Å². The van der Waals surface area contributed by atoms with Crippen molar-refractivity contribution in [3.63, 3.8) is 0 Å². The largest absolute Gasteiger partial charge is 0.328 e. The number of imidazole rings is 1. The smallest absolute Gasteiger partial charge is 0.228 e. The molecule has 0 N–H and O–H groups in total. The van der Waals surface area contributed by atoms with E-state index in [1.807, 2.05) is 6.92 Å². The van der Waals surface area contributed by atoms with Crippen LogP contribution in [0.25, 0.3) is 0 Å². The fraction of sp³-hybridized carbons (Fsp3) is 0.286. The number of hydrogen-bond acceptors (Lipinski definition) is 4. The molecule has 2 rings (SSSR count). The van der Waals surface area contributed by atoms with E-state index in [2.05, 4.69) is 4.98 Å². The Morgan fingerprint density at radius 2 is 1.90 bits per heavy atom. The van der Waals surface area contributed by atoms with Crippen molar-refractivity contribution in [1.82, 2.24) is 9.55 Å². The minimum absolute atomic E-state index is 0.200. The van der Waals surface area contributed by atoms with Crippen molar-refractivity contribution in [1.29, 1.82) is 0 Å². The lowest BCUT2D eigenvalue weighted by Gasteiger charge is -2.06. The van der Waals surface area contributed by atoms with Crippen LogP contribution >= 0.6 is 0 Å². The van der Waals surface area contributed by atoms with Crippen molar-refractivity contribution in [2.24, 2.45) is 0 Å². The number of benzene rings is 1. The summed E-state index contributed by atoms with van der Waals surface area (Å²) in [5.74, 6) is 0.169. The molecule has 0 atom stereocenters. The molecule has 106 valence electrons. The van der Waals surface area contributed by atoms with E-state index in [1.165, 1.54) is 24.3 Å². The molecule has 0 saturated carbocycles. The lowest BCUT2D eigenvalue weighted by atomic mass is 10.1. The van der Waals surface area contributed by atoms with Crippen LogP contribution in [0, 0.1) is 0 Å². The molecule has 6 heteroatoms. The summed E-state index contributed by atoms with van der Waals surface area (Å²) >= 11 is 0. The van der Waals surface area contributed by atoms with E-state index in [0.717, 1.165) is 19.2 Å².